The number of nitrogens with zero attached hydrogens (tertiary/aromatic N) is 1. The third-order valence-corrected chi connectivity index (χ3v) is 6.30. The molecule has 0 amide bonds. The van der Waals surface area contributed by atoms with E-state index in [1.807, 2.05) is 0 Å². The van der Waals surface area contributed by atoms with Crippen LogP contribution < -0.4 is 5.32 Å². The Kier molecular flexibility index (Phi) is 6.53. The molecule has 4 rings (SSSR count). The second-order valence-corrected chi connectivity index (χ2v) is 7.71. The van der Waals surface area contributed by atoms with Crippen LogP contribution in [0.25, 0.3) is 0 Å². The molecule has 1 saturated heterocycles. The molecule has 1 unspecified atom stereocenters. The van der Waals surface area contributed by atoms with E-state index >= 15 is 0 Å². The topological polar surface area (TPSA) is 15.3 Å². The summed E-state index contributed by atoms with van der Waals surface area (Å²) in [6.45, 7) is 9.96. The van der Waals surface area contributed by atoms with Crippen molar-refractivity contribution in [1.82, 2.24) is 10.2 Å². The molecule has 4 fully saturated rings. The maximum atomic E-state index is 3.45. The molecule has 3 aliphatic carbocycles. The Morgan fingerprint density at radius 3 is 2.00 bits per heavy atom. The van der Waals surface area contributed by atoms with Gasteiger partial charge in [0.2, 0.25) is 0 Å². The molecule has 20 heavy (non-hydrogen) atoms. The predicted octanol–water partition coefficient (Wildman–Crippen LogP) is 4.01. The average Bonchev–Trinajstić information content (AvgIpc) is 2.40. The first-order valence-corrected chi connectivity index (χ1v) is 8.32. The highest BCUT2D eigenvalue weighted by Crippen LogP contribution is 2.61. The van der Waals surface area contributed by atoms with Crippen LogP contribution in [0.2, 0.25) is 0 Å². The first-order valence-electron chi connectivity index (χ1n) is 8.32. The van der Waals surface area contributed by atoms with Gasteiger partial charge in [-0.3, -0.25) is 0 Å². The highest BCUT2D eigenvalue weighted by Gasteiger charge is 2.55. The van der Waals surface area contributed by atoms with E-state index in [0.29, 0.717) is 5.41 Å². The summed E-state index contributed by atoms with van der Waals surface area (Å²) in [7, 11) is 4.30. The van der Waals surface area contributed by atoms with Crippen LogP contribution >= 0.6 is 0 Å². The number of hydrogen-bond acceptors (Lipinski definition) is 2. The van der Waals surface area contributed by atoms with E-state index in [-0.39, 0.29) is 7.43 Å². The van der Waals surface area contributed by atoms with E-state index in [1.165, 1.54) is 45.2 Å². The van der Waals surface area contributed by atoms with Crippen LogP contribution in [0.1, 0.15) is 60.3 Å². The maximum Gasteiger partial charge on any atom is 0.00953 e. The molecule has 2 bridgehead atoms. The minimum atomic E-state index is 0. The molecular formula is C18H38N2. The van der Waals surface area contributed by atoms with E-state index in [9.17, 15) is 0 Å². The Morgan fingerprint density at radius 2 is 1.65 bits per heavy atom. The number of fused-ring (bicyclic) bond motifs is 2. The normalized spacial score (nSPS) is 38.9. The van der Waals surface area contributed by atoms with E-state index in [2.05, 4.69) is 45.1 Å². The molecule has 2 nitrogen and oxygen atoms in total. The second kappa shape index (κ2) is 7.26. The van der Waals surface area contributed by atoms with Crippen LogP contribution in [-0.4, -0.2) is 38.1 Å². The lowest BCUT2D eigenvalue weighted by atomic mass is 9.45. The predicted molar refractivity (Wildman–Crippen MR) is 90.1 cm³/mol. The Labute approximate surface area is 127 Å². The first-order chi connectivity index (χ1) is 8.96. The van der Waals surface area contributed by atoms with E-state index < -0.39 is 0 Å². The van der Waals surface area contributed by atoms with Crippen molar-refractivity contribution in [3.05, 3.63) is 0 Å². The molecule has 4 atom stereocenters. The van der Waals surface area contributed by atoms with Gasteiger partial charge in [-0.1, -0.05) is 34.6 Å². The van der Waals surface area contributed by atoms with Crippen molar-refractivity contribution in [2.75, 3.05) is 27.2 Å². The molecule has 4 aliphatic rings. The molecule has 0 aromatic heterocycles. The zero-order chi connectivity index (χ0) is 14.0. The van der Waals surface area contributed by atoms with Crippen molar-refractivity contribution in [2.45, 2.75) is 66.3 Å². The fourth-order valence-electron chi connectivity index (χ4n) is 4.58. The monoisotopic (exact) mass is 282 g/mol. The Bertz CT molecular complexity index is 281. The summed E-state index contributed by atoms with van der Waals surface area (Å²) in [5.41, 5.74) is 0.646. The smallest absolute Gasteiger partial charge is 0.00953 e. The lowest BCUT2D eigenvalue weighted by Gasteiger charge is -2.62. The number of likely N-dealkylation sites (tertiary alicyclic amines) is 1. The average molecular weight is 283 g/mol. The van der Waals surface area contributed by atoms with Crippen LogP contribution in [0, 0.1) is 23.2 Å². The summed E-state index contributed by atoms with van der Waals surface area (Å²) in [4.78, 5) is 2.39. The fourth-order valence-corrected chi connectivity index (χ4v) is 4.58. The molecule has 2 heteroatoms. The van der Waals surface area contributed by atoms with Gasteiger partial charge in [0.05, 0.1) is 0 Å². The molecule has 0 aromatic carbocycles. The van der Waals surface area contributed by atoms with Crippen molar-refractivity contribution in [2.24, 2.45) is 23.2 Å². The van der Waals surface area contributed by atoms with Crippen LogP contribution in [0.15, 0.2) is 0 Å². The van der Waals surface area contributed by atoms with Crippen LogP contribution in [-0.2, 0) is 0 Å². The minimum absolute atomic E-state index is 0. The van der Waals surface area contributed by atoms with Crippen LogP contribution in [0.5, 0.6) is 0 Å². The van der Waals surface area contributed by atoms with Crippen LogP contribution in [0.4, 0.5) is 0 Å². The number of rotatable bonds is 1. The van der Waals surface area contributed by atoms with E-state index in [0.717, 1.165) is 23.8 Å². The third kappa shape index (κ3) is 3.57. The SMILES string of the molecule is C.CN1CCCCC1.CNC1C[C@@H]2C[C@H]([C@@H]1C)C2(C)C. The molecule has 0 spiro atoms. The van der Waals surface area contributed by atoms with Gasteiger partial charge in [0, 0.05) is 6.04 Å². The fraction of sp³-hybridized carbons (Fsp3) is 1.00. The minimum Gasteiger partial charge on any atom is -0.317 e. The summed E-state index contributed by atoms with van der Waals surface area (Å²) < 4.78 is 0. The zero-order valence-corrected chi connectivity index (χ0v) is 13.7. The van der Waals surface area contributed by atoms with Gasteiger partial charge in [0.15, 0.2) is 0 Å². The van der Waals surface area contributed by atoms with Crippen molar-refractivity contribution < 1.29 is 0 Å². The molecule has 1 aliphatic heterocycles. The highest BCUT2D eigenvalue weighted by molar-refractivity contribution is 5.06. The number of hydrogen-bond donors (Lipinski definition) is 1. The summed E-state index contributed by atoms with van der Waals surface area (Å²) in [5, 5.41) is 3.45. The van der Waals surface area contributed by atoms with Crippen LogP contribution in [0.3, 0.4) is 0 Å². The maximum absolute atomic E-state index is 3.45. The van der Waals surface area contributed by atoms with Gasteiger partial charge >= 0.3 is 0 Å². The van der Waals surface area contributed by atoms with Gasteiger partial charge in [-0.25, -0.2) is 0 Å². The van der Waals surface area contributed by atoms with E-state index in [1.54, 1.807) is 0 Å². The van der Waals surface area contributed by atoms with Gasteiger partial charge in [-0.05, 0) is 76.0 Å². The quantitative estimate of drug-likeness (QED) is 0.781. The molecule has 120 valence electrons. The lowest BCUT2D eigenvalue weighted by molar-refractivity contribution is -0.113. The summed E-state index contributed by atoms with van der Waals surface area (Å²) in [6, 6.07) is 0.793. The zero-order valence-electron chi connectivity index (χ0n) is 13.7. The summed E-state index contributed by atoms with van der Waals surface area (Å²) in [6.07, 6.45) is 7.17. The first kappa shape index (κ1) is 18.0. The largest absolute Gasteiger partial charge is 0.317 e. The third-order valence-electron chi connectivity index (χ3n) is 6.30. The molecule has 3 saturated carbocycles. The lowest BCUT2D eigenvalue weighted by Crippen LogP contribution is -2.59. The number of piperidine rings is 1. The van der Waals surface area contributed by atoms with Crippen molar-refractivity contribution >= 4 is 0 Å². The van der Waals surface area contributed by atoms with Crippen molar-refractivity contribution in [3.63, 3.8) is 0 Å². The highest BCUT2D eigenvalue weighted by atomic mass is 15.1. The van der Waals surface area contributed by atoms with Crippen molar-refractivity contribution in [1.29, 1.82) is 0 Å². The second-order valence-electron chi connectivity index (χ2n) is 7.71. The Morgan fingerprint density at radius 1 is 1.05 bits per heavy atom. The van der Waals surface area contributed by atoms with Gasteiger partial charge in [-0.15, -0.1) is 0 Å². The van der Waals surface area contributed by atoms with E-state index in [4.69, 9.17) is 0 Å². The summed E-state index contributed by atoms with van der Waals surface area (Å²) in [5.74, 6) is 2.86. The van der Waals surface area contributed by atoms with Crippen molar-refractivity contribution in [3.8, 4) is 0 Å². The molecule has 1 N–H and O–H groups in total. The van der Waals surface area contributed by atoms with Gasteiger partial charge < -0.3 is 10.2 Å². The molecule has 0 aromatic rings. The molecule has 1 heterocycles. The van der Waals surface area contributed by atoms with Gasteiger partial charge in [0.1, 0.15) is 0 Å². The molecular weight excluding hydrogens is 244 g/mol. The van der Waals surface area contributed by atoms with Gasteiger partial charge in [-0.2, -0.15) is 0 Å². The standard InChI is InChI=1S/C11H21N.C6H13N.CH4/c1-7-9-5-8(11(9,2)3)6-10(7)12-4;1-7-5-3-2-4-6-7;/h7-10,12H,5-6H2,1-4H3;2-6H2,1H3;1H4/t7-,8-,9+,10?;;/m0../s1. The Balaban J connectivity index is 0.000000216. The Hall–Kier alpha value is -0.0800. The van der Waals surface area contributed by atoms with Gasteiger partial charge in [0.25, 0.3) is 0 Å². The summed E-state index contributed by atoms with van der Waals surface area (Å²) >= 11 is 0. The number of nitrogens with one attached hydrogen (secondary N) is 1. The molecule has 0 radical (unpaired) electrons.